The summed E-state index contributed by atoms with van der Waals surface area (Å²) < 4.78 is 27.0. The number of non-ortho nitro benzene ring substituents is 1. The van der Waals surface area contributed by atoms with E-state index >= 15 is 0 Å². The zero-order valence-corrected chi connectivity index (χ0v) is 18.6. The molecule has 0 spiro atoms. The van der Waals surface area contributed by atoms with E-state index in [4.69, 9.17) is 0 Å². The van der Waals surface area contributed by atoms with Crippen molar-refractivity contribution in [1.29, 1.82) is 0 Å². The van der Waals surface area contributed by atoms with E-state index in [1.54, 1.807) is 30.3 Å². The number of amides is 2. The van der Waals surface area contributed by atoms with Crippen LogP contribution in [0.3, 0.4) is 0 Å². The molecule has 2 rings (SSSR count). The minimum Gasteiger partial charge on any atom is -0.353 e. The number of nitrogens with one attached hydrogen (secondary N) is 3. The van der Waals surface area contributed by atoms with Crippen LogP contribution in [0.2, 0.25) is 0 Å². The third-order valence-corrected chi connectivity index (χ3v) is 5.81. The lowest BCUT2D eigenvalue weighted by Gasteiger charge is -2.19. The monoisotopic (exact) mass is 462 g/mol. The number of carbonyl (C=O) groups excluding carboxylic acids is 2. The van der Waals surface area contributed by atoms with Crippen molar-refractivity contribution in [2.45, 2.75) is 31.2 Å². The first kappa shape index (κ1) is 25.0. The second-order valence-electron chi connectivity index (χ2n) is 7.45. The number of nitro benzene ring substituents is 1. The zero-order chi connectivity index (χ0) is 23.7. The Balaban J connectivity index is 1.98. The van der Waals surface area contributed by atoms with Gasteiger partial charge in [0, 0.05) is 31.6 Å². The number of benzene rings is 2. The van der Waals surface area contributed by atoms with Crippen molar-refractivity contribution in [1.82, 2.24) is 15.4 Å². The van der Waals surface area contributed by atoms with Crippen molar-refractivity contribution >= 4 is 27.5 Å². The first-order valence-electron chi connectivity index (χ1n) is 9.96. The summed E-state index contributed by atoms with van der Waals surface area (Å²) in [5.41, 5.74) is 0.253. The molecule has 0 radical (unpaired) electrons. The fourth-order valence-electron chi connectivity index (χ4n) is 2.86. The Hall–Kier alpha value is -3.31. The Morgan fingerprint density at radius 1 is 1.03 bits per heavy atom. The molecule has 0 saturated carbocycles. The van der Waals surface area contributed by atoms with Crippen LogP contribution >= 0.6 is 0 Å². The molecule has 0 heterocycles. The summed E-state index contributed by atoms with van der Waals surface area (Å²) in [6, 6.07) is 12.5. The van der Waals surface area contributed by atoms with Crippen LogP contribution in [-0.2, 0) is 19.6 Å². The number of nitro groups is 1. The Morgan fingerprint density at radius 2 is 1.72 bits per heavy atom. The zero-order valence-electron chi connectivity index (χ0n) is 17.8. The molecule has 0 aliphatic heterocycles. The number of hydrogen-bond donors (Lipinski definition) is 3. The summed E-state index contributed by atoms with van der Waals surface area (Å²) >= 11 is 0. The van der Waals surface area contributed by atoms with E-state index < -0.39 is 26.9 Å². The number of hydrogen-bond acceptors (Lipinski definition) is 6. The van der Waals surface area contributed by atoms with Gasteiger partial charge in [0.05, 0.1) is 9.82 Å². The van der Waals surface area contributed by atoms with Crippen molar-refractivity contribution in [3.8, 4) is 0 Å². The summed E-state index contributed by atoms with van der Waals surface area (Å²) in [4.78, 5) is 34.8. The smallest absolute Gasteiger partial charge is 0.270 e. The molecule has 0 fully saturated rings. The van der Waals surface area contributed by atoms with Gasteiger partial charge >= 0.3 is 0 Å². The molecule has 32 heavy (non-hydrogen) atoms. The SMILES string of the molecule is CC(C)CC(=O)NC(C(=O)NCCNS(=O)(=O)c1cccc([N+](=O)[O-])c1)c1ccccc1. The van der Waals surface area contributed by atoms with Crippen molar-refractivity contribution < 1.29 is 22.9 Å². The molecule has 2 aromatic rings. The van der Waals surface area contributed by atoms with Gasteiger partial charge in [0.1, 0.15) is 6.04 Å². The van der Waals surface area contributed by atoms with E-state index in [0.29, 0.717) is 5.56 Å². The molecule has 10 nitrogen and oxygen atoms in total. The van der Waals surface area contributed by atoms with E-state index in [2.05, 4.69) is 15.4 Å². The third kappa shape index (κ3) is 7.43. The highest BCUT2D eigenvalue weighted by atomic mass is 32.2. The van der Waals surface area contributed by atoms with Crippen LogP contribution in [0.1, 0.15) is 31.9 Å². The lowest BCUT2D eigenvalue weighted by Crippen LogP contribution is -2.43. The minimum absolute atomic E-state index is 0.0453. The van der Waals surface area contributed by atoms with Gasteiger partial charge in [0.2, 0.25) is 21.8 Å². The summed E-state index contributed by atoms with van der Waals surface area (Å²) in [6.07, 6.45) is 0.264. The number of nitrogens with zero attached hydrogens (tertiary/aromatic N) is 1. The molecule has 0 saturated heterocycles. The van der Waals surface area contributed by atoms with E-state index in [1.807, 2.05) is 13.8 Å². The van der Waals surface area contributed by atoms with E-state index in [-0.39, 0.29) is 41.9 Å². The predicted molar refractivity (Wildman–Crippen MR) is 118 cm³/mol. The Bertz CT molecular complexity index is 1060. The molecule has 1 atom stereocenters. The molecule has 11 heteroatoms. The highest BCUT2D eigenvalue weighted by Crippen LogP contribution is 2.17. The molecule has 2 aromatic carbocycles. The molecular weight excluding hydrogens is 436 g/mol. The summed E-state index contributed by atoms with van der Waals surface area (Å²) in [7, 11) is -3.99. The van der Waals surface area contributed by atoms with Crippen molar-refractivity contribution in [2.24, 2.45) is 5.92 Å². The Morgan fingerprint density at radius 3 is 2.34 bits per heavy atom. The van der Waals surface area contributed by atoms with Gasteiger partial charge in [-0.25, -0.2) is 13.1 Å². The topological polar surface area (TPSA) is 148 Å². The number of rotatable bonds is 11. The molecule has 0 aliphatic rings. The van der Waals surface area contributed by atoms with Crippen LogP contribution in [-0.4, -0.2) is 38.2 Å². The van der Waals surface area contributed by atoms with Gasteiger partial charge in [0.25, 0.3) is 5.69 Å². The van der Waals surface area contributed by atoms with Gasteiger partial charge in [-0.1, -0.05) is 50.2 Å². The largest absolute Gasteiger partial charge is 0.353 e. The van der Waals surface area contributed by atoms with Crippen LogP contribution in [0.15, 0.2) is 59.5 Å². The maximum absolute atomic E-state index is 12.7. The molecule has 2 amide bonds. The standard InChI is InChI=1S/C21H26N4O6S/c1-15(2)13-19(26)24-20(16-7-4-3-5-8-16)21(27)22-11-12-23-32(30,31)18-10-6-9-17(14-18)25(28)29/h3-10,14-15,20,23H,11-13H2,1-2H3,(H,22,27)(H,24,26). The van der Waals surface area contributed by atoms with Crippen LogP contribution < -0.4 is 15.4 Å². The fraction of sp³-hybridized carbons (Fsp3) is 0.333. The number of sulfonamides is 1. The first-order valence-corrected chi connectivity index (χ1v) is 11.4. The second-order valence-corrected chi connectivity index (χ2v) is 9.22. The van der Waals surface area contributed by atoms with Gasteiger partial charge in [-0.3, -0.25) is 19.7 Å². The van der Waals surface area contributed by atoms with Crippen molar-refractivity contribution in [3.63, 3.8) is 0 Å². The van der Waals surface area contributed by atoms with Crippen LogP contribution in [0.25, 0.3) is 0 Å². The Labute approximate surface area is 186 Å². The maximum atomic E-state index is 12.7. The summed E-state index contributed by atoms with van der Waals surface area (Å²) in [6.45, 7) is 3.60. The van der Waals surface area contributed by atoms with Crippen molar-refractivity contribution in [2.75, 3.05) is 13.1 Å². The summed E-state index contributed by atoms with van der Waals surface area (Å²) in [5, 5.41) is 16.2. The number of carbonyl (C=O) groups is 2. The van der Waals surface area contributed by atoms with Gasteiger partial charge in [-0.05, 0) is 17.5 Å². The molecular formula is C21H26N4O6S. The van der Waals surface area contributed by atoms with Gasteiger partial charge in [0.15, 0.2) is 0 Å². The lowest BCUT2D eigenvalue weighted by molar-refractivity contribution is -0.385. The molecule has 172 valence electrons. The van der Waals surface area contributed by atoms with Crippen LogP contribution in [0.4, 0.5) is 5.69 Å². The van der Waals surface area contributed by atoms with E-state index in [9.17, 15) is 28.1 Å². The van der Waals surface area contributed by atoms with E-state index in [1.165, 1.54) is 18.2 Å². The lowest BCUT2D eigenvalue weighted by atomic mass is 10.0. The normalized spacial score (nSPS) is 12.2. The van der Waals surface area contributed by atoms with Crippen LogP contribution in [0, 0.1) is 16.0 Å². The maximum Gasteiger partial charge on any atom is 0.270 e. The van der Waals surface area contributed by atoms with E-state index in [0.717, 1.165) is 6.07 Å². The van der Waals surface area contributed by atoms with Gasteiger partial charge in [-0.15, -0.1) is 0 Å². The first-order chi connectivity index (χ1) is 15.1. The third-order valence-electron chi connectivity index (χ3n) is 4.35. The molecule has 0 bridgehead atoms. The molecule has 1 unspecified atom stereocenters. The van der Waals surface area contributed by atoms with Crippen molar-refractivity contribution in [3.05, 3.63) is 70.3 Å². The average Bonchev–Trinajstić information content (AvgIpc) is 2.75. The fourth-order valence-corrected chi connectivity index (χ4v) is 3.93. The molecule has 0 aliphatic carbocycles. The second kappa shape index (κ2) is 11.3. The quantitative estimate of drug-likeness (QED) is 0.264. The molecule has 3 N–H and O–H groups in total. The van der Waals surface area contributed by atoms with Gasteiger partial charge < -0.3 is 10.6 Å². The van der Waals surface area contributed by atoms with Crippen LogP contribution in [0.5, 0.6) is 0 Å². The predicted octanol–water partition coefficient (Wildman–Crippen LogP) is 1.89. The van der Waals surface area contributed by atoms with Gasteiger partial charge in [-0.2, -0.15) is 0 Å². The average molecular weight is 463 g/mol. The molecule has 0 aromatic heterocycles. The highest BCUT2D eigenvalue weighted by Gasteiger charge is 2.23. The minimum atomic E-state index is -3.99. The Kier molecular flexibility index (Phi) is 8.85. The highest BCUT2D eigenvalue weighted by molar-refractivity contribution is 7.89. The summed E-state index contributed by atoms with van der Waals surface area (Å²) in [5.74, 6) is -0.629.